The quantitative estimate of drug-likeness (QED) is 0.475. The van der Waals surface area contributed by atoms with Crippen molar-refractivity contribution in [1.82, 2.24) is 9.80 Å². The van der Waals surface area contributed by atoms with Crippen LogP contribution in [0.25, 0.3) is 0 Å². The van der Waals surface area contributed by atoms with Crippen molar-refractivity contribution in [2.24, 2.45) is 0 Å². The monoisotopic (exact) mass is 484 g/mol. The Morgan fingerprint density at radius 2 is 1.61 bits per heavy atom. The van der Waals surface area contributed by atoms with Crippen LogP contribution in [-0.2, 0) is 17.8 Å². The summed E-state index contributed by atoms with van der Waals surface area (Å²) in [4.78, 5) is 31.4. The number of hydrogen-bond donors (Lipinski definition) is 0. The summed E-state index contributed by atoms with van der Waals surface area (Å²) in [5.41, 5.74) is 4.52. The summed E-state index contributed by atoms with van der Waals surface area (Å²) >= 11 is 0. The summed E-state index contributed by atoms with van der Waals surface area (Å²) < 4.78 is 11.8. The SMILES string of the molecule is CCOc1cc2c(cc1OCC)[C@@H]1[C@H](C(=O)N(C)Cc3ccccc3)c3ccccc3C(=O)N1CC2. The molecule has 6 heteroatoms. The third-order valence-corrected chi connectivity index (χ3v) is 7.09. The molecule has 0 fully saturated rings. The van der Waals surface area contributed by atoms with Gasteiger partial charge in [0.15, 0.2) is 11.5 Å². The van der Waals surface area contributed by atoms with Gasteiger partial charge in [-0.15, -0.1) is 0 Å². The molecule has 2 aliphatic heterocycles. The Hall–Kier alpha value is -3.80. The molecule has 3 aromatic rings. The molecular formula is C30H32N2O4. The molecule has 36 heavy (non-hydrogen) atoms. The molecule has 5 rings (SSSR count). The van der Waals surface area contributed by atoms with Crippen molar-refractivity contribution in [3.8, 4) is 11.5 Å². The molecule has 186 valence electrons. The zero-order chi connectivity index (χ0) is 25.2. The maximum atomic E-state index is 14.1. The lowest BCUT2D eigenvalue weighted by molar-refractivity contribution is -0.134. The molecule has 0 aromatic heterocycles. The Kier molecular flexibility index (Phi) is 6.68. The molecule has 0 radical (unpaired) electrons. The summed E-state index contributed by atoms with van der Waals surface area (Å²) in [7, 11) is 1.84. The molecule has 0 aliphatic carbocycles. The number of nitrogens with zero attached hydrogens (tertiary/aromatic N) is 2. The molecule has 0 N–H and O–H groups in total. The number of fused-ring (bicyclic) bond motifs is 4. The number of carbonyl (C=O) groups excluding carboxylic acids is 2. The molecule has 3 aromatic carbocycles. The van der Waals surface area contributed by atoms with E-state index in [-0.39, 0.29) is 11.8 Å². The first-order valence-electron chi connectivity index (χ1n) is 12.6. The number of benzene rings is 3. The van der Waals surface area contributed by atoms with E-state index in [1.54, 1.807) is 4.90 Å². The van der Waals surface area contributed by atoms with Gasteiger partial charge >= 0.3 is 0 Å². The fourth-order valence-electron chi connectivity index (χ4n) is 5.51. The summed E-state index contributed by atoms with van der Waals surface area (Å²) in [6.07, 6.45) is 0.701. The number of carbonyl (C=O) groups is 2. The highest BCUT2D eigenvalue weighted by atomic mass is 16.5. The third kappa shape index (κ3) is 4.21. The molecule has 2 heterocycles. The van der Waals surface area contributed by atoms with Gasteiger partial charge in [-0.1, -0.05) is 48.5 Å². The average molecular weight is 485 g/mol. The van der Waals surface area contributed by atoms with E-state index in [2.05, 4.69) is 0 Å². The van der Waals surface area contributed by atoms with Crippen LogP contribution in [0.2, 0.25) is 0 Å². The first-order chi connectivity index (χ1) is 17.5. The van der Waals surface area contributed by atoms with Crippen LogP contribution in [0.3, 0.4) is 0 Å². The Morgan fingerprint density at radius 3 is 2.33 bits per heavy atom. The van der Waals surface area contributed by atoms with Crippen LogP contribution in [0, 0.1) is 0 Å². The second-order valence-electron chi connectivity index (χ2n) is 9.30. The molecule has 0 bridgehead atoms. The summed E-state index contributed by atoms with van der Waals surface area (Å²) in [6.45, 7) is 5.97. The van der Waals surface area contributed by atoms with Crippen LogP contribution in [0.4, 0.5) is 0 Å². The minimum Gasteiger partial charge on any atom is -0.490 e. The van der Waals surface area contributed by atoms with Crippen LogP contribution in [-0.4, -0.2) is 48.4 Å². The highest BCUT2D eigenvalue weighted by Gasteiger charge is 2.47. The molecule has 2 amide bonds. The van der Waals surface area contributed by atoms with Gasteiger partial charge in [0, 0.05) is 25.7 Å². The predicted octanol–water partition coefficient (Wildman–Crippen LogP) is 4.98. The van der Waals surface area contributed by atoms with Crippen molar-refractivity contribution in [3.63, 3.8) is 0 Å². The van der Waals surface area contributed by atoms with Gasteiger partial charge in [-0.25, -0.2) is 0 Å². The summed E-state index contributed by atoms with van der Waals surface area (Å²) in [5.74, 6) is 0.809. The zero-order valence-electron chi connectivity index (χ0n) is 21.1. The van der Waals surface area contributed by atoms with Gasteiger partial charge < -0.3 is 19.3 Å². The van der Waals surface area contributed by atoms with Crippen LogP contribution < -0.4 is 9.47 Å². The number of ether oxygens (including phenoxy) is 2. The maximum Gasteiger partial charge on any atom is 0.254 e. The first kappa shape index (κ1) is 23.9. The largest absolute Gasteiger partial charge is 0.490 e. The number of likely N-dealkylation sites (N-methyl/N-ethyl adjacent to an activating group) is 1. The molecule has 0 saturated heterocycles. The lowest BCUT2D eigenvalue weighted by Gasteiger charge is -2.46. The predicted molar refractivity (Wildman–Crippen MR) is 138 cm³/mol. The summed E-state index contributed by atoms with van der Waals surface area (Å²) in [6, 6.07) is 21.1. The zero-order valence-corrected chi connectivity index (χ0v) is 21.1. The average Bonchev–Trinajstić information content (AvgIpc) is 2.90. The van der Waals surface area contributed by atoms with Crippen LogP contribution >= 0.6 is 0 Å². The van der Waals surface area contributed by atoms with Gasteiger partial charge in [0.05, 0.1) is 25.2 Å². The Morgan fingerprint density at radius 1 is 0.944 bits per heavy atom. The van der Waals surface area contributed by atoms with E-state index >= 15 is 0 Å². The lowest BCUT2D eigenvalue weighted by Crippen LogP contribution is -2.50. The second kappa shape index (κ2) is 10.1. The van der Waals surface area contributed by atoms with Crippen molar-refractivity contribution >= 4 is 11.8 Å². The molecule has 0 saturated carbocycles. The highest BCUT2D eigenvalue weighted by molar-refractivity contribution is 6.01. The van der Waals surface area contributed by atoms with Gasteiger partial charge in [-0.3, -0.25) is 9.59 Å². The van der Waals surface area contributed by atoms with E-state index < -0.39 is 12.0 Å². The number of amides is 2. The number of hydrogen-bond acceptors (Lipinski definition) is 4. The standard InChI is InChI=1S/C30H32N2O4/c1-4-35-25-17-21-15-16-32-28(24(21)18-26(25)36-5-2)27(22-13-9-10-14-23(22)29(32)33)30(34)31(3)19-20-11-7-6-8-12-20/h6-14,17-18,27-28H,4-5,15-16,19H2,1-3H3/t27-,28-/m1/s1. The van der Waals surface area contributed by atoms with Gasteiger partial charge in [-0.05, 0) is 60.7 Å². The van der Waals surface area contributed by atoms with E-state index in [1.165, 1.54) is 0 Å². The number of rotatable bonds is 7. The van der Waals surface area contributed by atoms with E-state index in [4.69, 9.17) is 9.47 Å². The van der Waals surface area contributed by atoms with Gasteiger partial charge in [0.25, 0.3) is 5.91 Å². The van der Waals surface area contributed by atoms with Crippen LogP contribution in [0.5, 0.6) is 11.5 Å². The molecular weight excluding hydrogens is 452 g/mol. The van der Waals surface area contributed by atoms with Crippen molar-refractivity contribution in [3.05, 3.63) is 94.5 Å². The van der Waals surface area contributed by atoms with E-state index in [0.29, 0.717) is 49.8 Å². The minimum atomic E-state index is -0.515. The van der Waals surface area contributed by atoms with Crippen molar-refractivity contribution in [2.45, 2.75) is 38.8 Å². The summed E-state index contributed by atoms with van der Waals surface area (Å²) in [5, 5.41) is 0. The fraction of sp³-hybridized carbons (Fsp3) is 0.333. The third-order valence-electron chi connectivity index (χ3n) is 7.09. The molecule has 0 unspecified atom stereocenters. The van der Waals surface area contributed by atoms with Crippen molar-refractivity contribution < 1.29 is 19.1 Å². The maximum absolute atomic E-state index is 14.1. The molecule has 6 nitrogen and oxygen atoms in total. The Bertz CT molecular complexity index is 1270. The van der Waals surface area contributed by atoms with Gasteiger partial charge in [0.1, 0.15) is 0 Å². The topological polar surface area (TPSA) is 59.1 Å². The second-order valence-corrected chi connectivity index (χ2v) is 9.30. The minimum absolute atomic E-state index is 0.00602. The van der Waals surface area contributed by atoms with Crippen LogP contribution in [0.1, 0.15) is 58.4 Å². The lowest BCUT2D eigenvalue weighted by atomic mass is 9.75. The first-order valence-corrected chi connectivity index (χ1v) is 12.6. The van der Waals surface area contributed by atoms with Crippen molar-refractivity contribution in [2.75, 3.05) is 26.8 Å². The smallest absolute Gasteiger partial charge is 0.254 e. The molecule has 0 spiro atoms. The van der Waals surface area contributed by atoms with E-state index in [0.717, 1.165) is 22.3 Å². The Labute approximate surface area is 212 Å². The fourth-order valence-corrected chi connectivity index (χ4v) is 5.51. The highest BCUT2D eigenvalue weighted by Crippen LogP contribution is 2.49. The van der Waals surface area contributed by atoms with Gasteiger partial charge in [0.2, 0.25) is 5.91 Å². The van der Waals surface area contributed by atoms with Gasteiger partial charge in [-0.2, -0.15) is 0 Å². The Balaban J connectivity index is 1.62. The van der Waals surface area contributed by atoms with E-state index in [1.807, 2.05) is 92.5 Å². The normalized spacial score (nSPS) is 18.1. The van der Waals surface area contributed by atoms with Crippen molar-refractivity contribution in [1.29, 1.82) is 0 Å². The van der Waals surface area contributed by atoms with E-state index in [9.17, 15) is 9.59 Å². The van der Waals surface area contributed by atoms with Crippen LogP contribution in [0.15, 0.2) is 66.7 Å². The molecule has 2 aliphatic rings. The molecule has 2 atom stereocenters.